The maximum Gasteiger partial charge on any atom is 0.431 e. The number of anilines is 1. The van der Waals surface area contributed by atoms with Gasteiger partial charge in [0.15, 0.2) is 0 Å². The topological polar surface area (TPSA) is 32.3 Å². The van der Waals surface area contributed by atoms with Crippen molar-refractivity contribution < 1.29 is 18.3 Å². The number of nitrogens with one attached hydrogen (secondary N) is 1. The van der Waals surface area contributed by atoms with E-state index in [0.717, 1.165) is 6.08 Å². The molecule has 0 fully saturated rings. The van der Waals surface area contributed by atoms with Crippen molar-refractivity contribution in [2.75, 3.05) is 5.32 Å². The molecule has 2 rings (SSSR count). The van der Waals surface area contributed by atoms with Crippen molar-refractivity contribution in [2.45, 2.75) is 12.3 Å². The monoisotopic (exact) mass is 293 g/mol. The summed E-state index contributed by atoms with van der Waals surface area (Å²) in [5, 5.41) is 12.2. The molecule has 0 spiro atoms. The third-order valence-corrected chi connectivity index (χ3v) is 2.82. The van der Waals surface area contributed by atoms with Crippen LogP contribution in [0.3, 0.4) is 0 Å². The van der Waals surface area contributed by atoms with Gasteiger partial charge >= 0.3 is 6.18 Å². The minimum Gasteiger partial charge on any atom is -0.384 e. The van der Waals surface area contributed by atoms with Gasteiger partial charge in [0.05, 0.1) is 6.10 Å². The van der Waals surface area contributed by atoms with Gasteiger partial charge in [0, 0.05) is 5.69 Å². The molecule has 0 heterocycles. The van der Waals surface area contributed by atoms with Gasteiger partial charge < -0.3 is 10.4 Å². The first-order valence-electron chi connectivity index (χ1n) is 6.31. The Morgan fingerprint density at radius 3 is 2.00 bits per heavy atom. The summed E-state index contributed by atoms with van der Waals surface area (Å²) in [4.78, 5) is 0. The van der Waals surface area contributed by atoms with E-state index in [0.29, 0.717) is 11.3 Å². The molecule has 0 amide bonds. The zero-order valence-electron chi connectivity index (χ0n) is 11.0. The van der Waals surface area contributed by atoms with Gasteiger partial charge in [0.1, 0.15) is 5.70 Å². The highest BCUT2D eigenvalue weighted by Crippen LogP contribution is 2.29. The van der Waals surface area contributed by atoms with E-state index in [1.807, 2.05) is 0 Å². The molecule has 2 aromatic rings. The Bertz CT molecular complexity index is 594. The van der Waals surface area contributed by atoms with Crippen LogP contribution in [0.1, 0.15) is 11.7 Å². The molecule has 5 heteroatoms. The minimum atomic E-state index is -4.58. The van der Waals surface area contributed by atoms with Crippen LogP contribution in [0, 0.1) is 0 Å². The fourth-order valence-corrected chi connectivity index (χ4v) is 1.79. The first kappa shape index (κ1) is 15.1. The highest BCUT2D eigenvalue weighted by Gasteiger charge is 2.34. The second-order valence-electron chi connectivity index (χ2n) is 4.42. The molecule has 2 N–H and O–H groups in total. The summed E-state index contributed by atoms with van der Waals surface area (Å²) >= 11 is 0. The van der Waals surface area contributed by atoms with Crippen molar-refractivity contribution >= 4 is 5.69 Å². The Labute approximate surface area is 120 Å². The molecule has 1 unspecified atom stereocenters. The van der Waals surface area contributed by atoms with Gasteiger partial charge in [-0.05, 0) is 23.8 Å². The molecule has 0 aliphatic heterocycles. The Hall–Kier alpha value is -2.27. The van der Waals surface area contributed by atoms with Crippen LogP contribution in [0.2, 0.25) is 0 Å². The molecule has 0 radical (unpaired) electrons. The summed E-state index contributed by atoms with van der Waals surface area (Å²) in [6.45, 7) is 0. The molecule has 21 heavy (non-hydrogen) atoms. The molecule has 0 aromatic heterocycles. The van der Waals surface area contributed by atoms with E-state index in [4.69, 9.17) is 0 Å². The van der Waals surface area contributed by atoms with Crippen LogP contribution < -0.4 is 5.32 Å². The number of benzene rings is 2. The summed E-state index contributed by atoms with van der Waals surface area (Å²) in [6, 6.07) is 16.2. The zero-order chi connectivity index (χ0) is 15.3. The summed E-state index contributed by atoms with van der Waals surface area (Å²) in [5.41, 5.74) is -0.291. The first-order chi connectivity index (χ1) is 9.97. The maximum absolute atomic E-state index is 13.0. The fraction of sp³-hybridized carbons (Fsp3) is 0.125. The molecule has 0 saturated carbocycles. The van der Waals surface area contributed by atoms with E-state index in [2.05, 4.69) is 5.32 Å². The van der Waals surface area contributed by atoms with E-state index in [-0.39, 0.29) is 0 Å². The molecular formula is C16H14F3NO. The van der Waals surface area contributed by atoms with Gasteiger partial charge in [0.25, 0.3) is 0 Å². The van der Waals surface area contributed by atoms with Crippen LogP contribution in [0.4, 0.5) is 18.9 Å². The van der Waals surface area contributed by atoms with Gasteiger partial charge in [-0.3, -0.25) is 0 Å². The Morgan fingerprint density at radius 1 is 0.952 bits per heavy atom. The third kappa shape index (κ3) is 4.36. The van der Waals surface area contributed by atoms with Crippen molar-refractivity contribution in [3.63, 3.8) is 0 Å². The average molecular weight is 293 g/mol. The smallest absolute Gasteiger partial charge is 0.384 e. The molecule has 0 bridgehead atoms. The SMILES string of the molecule is OC(/C=C(\Nc1ccccc1)C(F)(F)F)c1ccccc1. The number of hydrogen-bond donors (Lipinski definition) is 2. The molecule has 110 valence electrons. The number of rotatable bonds is 4. The zero-order valence-corrected chi connectivity index (χ0v) is 11.0. The Balaban J connectivity index is 2.26. The van der Waals surface area contributed by atoms with Gasteiger partial charge in [0.2, 0.25) is 0 Å². The number of allylic oxidation sites excluding steroid dienone is 1. The molecule has 0 saturated heterocycles. The summed E-state index contributed by atoms with van der Waals surface area (Å²) in [6.07, 6.45) is -5.15. The van der Waals surface area contributed by atoms with Gasteiger partial charge in [-0.1, -0.05) is 48.5 Å². The number of aliphatic hydroxyl groups excluding tert-OH is 1. The fourth-order valence-electron chi connectivity index (χ4n) is 1.79. The van der Waals surface area contributed by atoms with Gasteiger partial charge in [-0.2, -0.15) is 13.2 Å². The van der Waals surface area contributed by atoms with E-state index >= 15 is 0 Å². The van der Waals surface area contributed by atoms with Crippen LogP contribution >= 0.6 is 0 Å². The van der Waals surface area contributed by atoms with Crippen molar-refractivity contribution in [3.8, 4) is 0 Å². The van der Waals surface area contributed by atoms with Crippen LogP contribution in [0.15, 0.2) is 72.4 Å². The minimum absolute atomic E-state index is 0.307. The molecule has 2 aromatic carbocycles. The van der Waals surface area contributed by atoms with Crippen molar-refractivity contribution in [1.82, 2.24) is 0 Å². The Morgan fingerprint density at radius 2 is 1.48 bits per heavy atom. The van der Waals surface area contributed by atoms with Gasteiger partial charge in [-0.25, -0.2) is 0 Å². The first-order valence-corrected chi connectivity index (χ1v) is 6.31. The predicted octanol–water partition coefficient (Wildman–Crippen LogP) is 4.28. The van der Waals surface area contributed by atoms with Gasteiger partial charge in [-0.15, -0.1) is 0 Å². The van der Waals surface area contributed by atoms with E-state index in [9.17, 15) is 18.3 Å². The van der Waals surface area contributed by atoms with Crippen molar-refractivity contribution in [2.24, 2.45) is 0 Å². The van der Waals surface area contributed by atoms with Crippen LogP contribution in [-0.4, -0.2) is 11.3 Å². The van der Waals surface area contributed by atoms with E-state index in [1.54, 1.807) is 48.5 Å². The second kappa shape index (κ2) is 6.45. The molecule has 1 atom stereocenters. The van der Waals surface area contributed by atoms with Crippen LogP contribution in [0.25, 0.3) is 0 Å². The van der Waals surface area contributed by atoms with Crippen molar-refractivity contribution in [1.29, 1.82) is 0 Å². The normalized spacial score (nSPS) is 13.8. The van der Waals surface area contributed by atoms with E-state index < -0.39 is 18.0 Å². The quantitative estimate of drug-likeness (QED) is 0.882. The number of para-hydroxylation sites is 1. The number of alkyl halides is 3. The average Bonchev–Trinajstić information content (AvgIpc) is 2.47. The maximum atomic E-state index is 13.0. The lowest BCUT2D eigenvalue weighted by Crippen LogP contribution is -2.20. The number of halogens is 3. The molecule has 0 aliphatic carbocycles. The van der Waals surface area contributed by atoms with Crippen molar-refractivity contribution in [3.05, 3.63) is 78.0 Å². The summed E-state index contributed by atoms with van der Waals surface area (Å²) in [7, 11) is 0. The number of aliphatic hydroxyl groups is 1. The molecule has 0 aliphatic rings. The molecule has 2 nitrogen and oxygen atoms in total. The highest BCUT2D eigenvalue weighted by atomic mass is 19.4. The highest BCUT2D eigenvalue weighted by molar-refractivity contribution is 5.49. The predicted molar refractivity (Wildman–Crippen MR) is 75.6 cm³/mol. The lowest BCUT2D eigenvalue weighted by atomic mass is 10.1. The van der Waals surface area contributed by atoms with Crippen LogP contribution in [-0.2, 0) is 0 Å². The third-order valence-electron chi connectivity index (χ3n) is 2.82. The lowest BCUT2D eigenvalue weighted by Gasteiger charge is -2.16. The van der Waals surface area contributed by atoms with E-state index in [1.165, 1.54) is 12.1 Å². The molecular weight excluding hydrogens is 279 g/mol. The van der Waals surface area contributed by atoms with Crippen LogP contribution in [0.5, 0.6) is 0 Å². The standard InChI is InChI=1S/C16H14F3NO/c17-16(18,19)15(20-13-9-5-2-6-10-13)11-14(21)12-7-3-1-4-8-12/h1-11,14,20-21H/b15-11-. The Kier molecular flexibility index (Phi) is 4.65. The largest absolute Gasteiger partial charge is 0.431 e. The second-order valence-corrected chi connectivity index (χ2v) is 4.42. The number of hydrogen-bond acceptors (Lipinski definition) is 2. The summed E-state index contributed by atoms with van der Waals surface area (Å²) in [5.74, 6) is 0. The summed E-state index contributed by atoms with van der Waals surface area (Å²) < 4.78 is 39.1. The lowest BCUT2D eigenvalue weighted by molar-refractivity contribution is -0.0911.